The molecule has 184 valence electrons. The first-order valence-corrected chi connectivity index (χ1v) is 12.7. The molecule has 0 aromatic heterocycles. The largest absolute Gasteiger partial charge is 0.480 e. The van der Waals surface area contributed by atoms with E-state index in [1.807, 2.05) is 24.3 Å². The lowest BCUT2D eigenvalue weighted by molar-refractivity contribution is -0.143. The van der Waals surface area contributed by atoms with Gasteiger partial charge >= 0.3 is 12.1 Å². The molecule has 7 nitrogen and oxygen atoms in total. The Morgan fingerprint density at radius 3 is 2.14 bits per heavy atom. The molecule has 0 heterocycles. The maximum atomic E-state index is 13.1. The fourth-order valence-corrected chi connectivity index (χ4v) is 5.66. The summed E-state index contributed by atoms with van der Waals surface area (Å²) in [5.41, 5.74) is 4.63. The molecule has 35 heavy (non-hydrogen) atoms. The second-order valence-electron chi connectivity index (χ2n) is 9.98. The number of carbonyl (C=O) groups excluding carboxylic acids is 2. The van der Waals surface area contributed by atoms with Crippen molar-refractivity contribution >= 4 is 18.0 Å². The monoisotopic (exact) mass is 476 g/mol. The minimum absolute atomic E-state index is 0.00997. The van der Waals surface area contributed by atoms with Gasteiger partial charge in [0.25, 0.3) is 0 Å². The number of nitrogens with one attached hydrogen (secondary N) is 2. The van der Waals surface area contributed by atoms with Gasteiger partial charge in [-0.25, -0.2) is 9.59 Å². The number of alkyl carbamates (subject to hydrolysis) is 1. The summed E-state index contributed by atoms with van der Waals surface area (Å²) in [5, 5.41) is 15.2. The lowest BCUT2D eigenvalue weighted by atomic mass is 9.93. The molecule has 2 fully saturated rings. The maximum Gasteiger partial charge on any atom is 0.407 e. The molecule has 7 heteroatoms. The molecule has 1 unspecified atom stereocenters. The number of carbonyl (C=O) groups is 3. The summed E-state index contributed by atoms with van der Waals surface area (Å²) in [4.78, 5) is 37.5. The first-order valence-electron chi connectivity index (χ1n) is 12.7. The summed E-state index contributed by atoms with van der Waals surface area (Å²) in [6.07, 6.45) is 5.17. The topological polar surface area (TPSA) is 105 Å². The van der Waals surface area contributed by atoms with Crippen molar-refractivity contribution in [3.05, 3.63) is 59.7 Å². The molecule has 0 bridgehead atoms. The fraction of sp³-hybridized carbons (Fsp3) is 0.464. The van der Waals surface area contributed by atoms with E-state index in [0.29, 0.717) is 12.8 Å². The lowest BCUT2D eigenvalue weighted by Gasteiger charge is -2.27. The highest BCUT2D eigenvalue weighted by atomic mass is 16.5. The Balaban J connectivity index is 1.23. The quantitative estimate of drug-likeness (QED) is 0.512. The number of amides is 2. The van der Waals surface area contributed by atoms with Gasteiger partial charge in [-0.2, -0.15) is 0 Å². The van der Waals surface area contributed by atoms with Gasteiger partial charge in [0.1, 0.15) is 12.6 Å². The minimum Gasteiger partial charge on any atom is -0.480 e. The number of benzene rings is 2. The molecule has 0 spiro atoms. The van der Waals surface area contributed by atoms with E-state index in [1.54, 1.807) is 0 Å². The fourth-order valence-electron chi connectivity index (χ4n) is 5.66. The zero-order valence-electron chi connectivity index (χ0n) is 19.7. The number of hydrogen-bond donors (Lipinski definition) is 3. The van der Waals surface area contributed by atoms with Crippen LogP contribution in [0, 0.1) is 11.8 Å². The number of hydrogen-bond acceptors (Lipinski definition) is 4. The van der Waals surface area contributed by atoms with Gasteiger partial charge in [-0.3, -0.25) is 4.79 Å². The predicted octanol–water partition coefficient (Wildman–Crippen LogP) is 4.45. The lowest BCUT2D eigenvalue weighted by Crippen LogP contribution is -2.51. The smallest absolute Gasteiger partial charge is 0.407 e. The molecule has 0 radical (unpaired) electrons. The third kappa shape index (κ3) is 5.04. The van der Waals surface area contributed by atoms with Crippen molar-refractivity contribution < 1.29 is 24.2 Å². The molecule has 3 N–H and O–H groups in total. The SMILES string of the molecule is O=C(N[C@H]1CCCCC[C@H]1C(=O)NC(C(=O)O)C1CC1)OCC1c2ccccc2-c2ccccc21. The molecule has 2 saturated carbocycles. The molecule has 2 amide bonds. The van der Waals surface area contributed by atoms with Gasteiger partial charge in [-0.1, -0.05) is 67.8 Å². The average Bonchev–Trinajstić information content (AvgIpc) is 3.67. The molecule has 2 aromatic rings. The molecule has 2 aromatic carbocycles. The average molecular weight is 477 g/mol. The highest BCUT2D eigenvalue weighted by Gasteiger charge is 2.40. The number of carboxylic acid groups (broad SMARTS) is 1. The molecular weight excluding hydrogens is 444 g/mol. The third-order valence-electron chi connectivity index (χ3n) is 7.66. The predicted molar refractivity (Wildman–Crippen MR) is 131 cm³/mol. The summed E-state index contributed by atoms with van der Waals surface area (Å²) >= 11 is 0. The van der Waals surface area contributed by atoms with Crippen LogP contribution in [-0.2, 0) is 14.3 Å². The van der Waals surface area contributed by atoms with E-state index >= 15 is 0 Å². The van der Waals surface area contributed by atoms with Crippen LogP contribution in [0.2, 0.25) is 0 Å². The van der Waals surface area contributed by atoms with Crippen LogP contribution in [0.1, 0.15) is 62.0 Å². The van der Waals surface area contributed by atoms with Gasteiger partial charge in [0, 0.05) is 12.0 Å². The Morgan fingerprint density at radius 2 is 1.51 bits per heavy atom. The van der Waals surface area contributed by atoms with E-state index in [-0.39, 0.29) is 30.4 Å². The van der Waals surface area contributed by atoms with E-state index in [0.717, 1.165) is 43.2 Å². The van der Waals surface area contributed by atoms with E-state index in [9.17, 15) is 19.5 Å². The molecule has 0 aliphatic heterocycles. The Bertz CT molecular complexity index is 1070. The van der Waals surface area contributed by atoms with Crippen molar-refractivity contribution in [1.29, 1.82) is 0 Å². The number of aliphatic carboxylic acids is 1. The second kappa shape index (κ2) is 10.1. The van der Waals surface area contributed by atoms with E-state index in [2.05, 4.69) is 34.9 Å². The maximum absolute atomic E-state index is 13.1. The van der Waals surface area contributed by atoms with Gasteiger partial charge in [0.2, 0.25) is 5.91 Å². The molecule has 5 rings (SSSR count). The summed E-state index contributed by atoms with van der Waals surface area (Å²) < 4.78 is 5.70. The summed E-state index contributed by atoms with van der Waals surface area (Å²) in [7, 11) is 0. The van der Waals surface area contributed by atoms with Crippen LogP contribution >= 0.6 is 0 Å². The summed E-state index contributed by atoms with van der Waals surface area (Å²) in [6.45, 7) is 0.214. The standard InChI is InChI=1S/C28H32N2O5/c31-26(30-25(27(32)33)17-14-15-17)22-12-2-1-3-13-24(22)29-28(34)35-16-23-20-10-6-4-8-18(20)19-9-5-7-11-21(19)23/h4-11,17,22-25H,1-3,12-16H2,(H,29,34)(H,30,31)(H,32,33)/t22-,24+,25?/m1/s1. The molecule has 0 saturated heterocycles. The zero-order valence-corrected chi connectivity index (χ0v) is 19.7. The van der Waals surface area contributed by atoms with Crippen molar-refractivity contribution in [1.82, 2.24) is 10.6 Å². The van der Waals surface area contributed by atoms with E-state index in [4.69, 9.17) is 4.74 Å². The van der Waals surface area contributed by atoms with Crippen LogP contribution in [0.5, 0.6) is 0 Å². The highest BCUT2D eigenvalue weighted by Crippen LogP contribution is 2.44. The van der Waals surface area contributed by atoms with E-state index in [1.165, 1.54) is 11.1 Å². The van der Waals surface area contributed by atoms with Gasteiger partial charge in [0.15, 0.2) is 0 Å². The first-order chi connectivity index (χ1) is 17.0. The van der Waals surface area contributed by atoms with Crippen LogP contribution in [-0.4, -0.2) is 41.8 Å². The Labute approximate surface area is 205 Å². The van der Waals surface area contributed by atoms with Crippen LogP contribution < -0.4 is 10.6 Å². The normalized spacial score (nSPS) is 22.3. The number of fused-ring (bicyclic) bond motifs is 3. The van der Waals surface area contributed by atoms with Crippen molar-refractivity contribution in [2.45, 2.75) is 62.9 Å². The van der Waals surface area contributed by atoms with Gasteiger partial charge in [-0.05, 0) is 53.9 Å². The van der Waals surface area contributed by atoms with Crippen molar-refractivity contribution in [2.24, 2.45) is 11.8 Å². The summed E-state index contributed by atoms with van der Waals surface area (Å²) in [6, 6.07) is 15.1. The number of carboxylic acids is 1. The van der Waals surface area contributed by atoms with Gasteiger partial charge < -0.3 is 20.5 Å². The molecule has 3 atom stereocenters. The highest BCUT2D eigenvalue weighted by molar-refractivity contribution is 5.86. The number of ether oxygens (including phenoxy) is 1. The van der Waals surface area contributed by atoms with Gasteiger partial charge in [-0.15, -0.1) is 0 Å². The molecular formula is C28H32N2O5. The van der Waals surface area contributed by atoms with Crippen LogP contribution in [0.4, 0.5) is 4.79 Å². The molecule has 3 aliphatic carbocycles. The minimum atomic E-state index is -0.990. The third-order valence-corrected chi connectivity index (χ3v) is 7.66. The number of rotatable bonds is 7. The first kappa shape index (κ1) is 23.4. The van der Waals surface area contributed by atoms with Crippen LogP contribution in [0.3, 0.4) is 0 Å². The zero-order chi connectivity index (χ0) is 24.4. The Kier molecular flexibility index (Phi) is 6.75. The molecule has 3 aliphatic rings. The second-order valence-corrected chi connectivity index (χ2v) is 9.98. The summed E-state index contributed by atoms with van der Waals surface area (Å²) in [5.74, 6) is -1.75. The van der Waals surface area contributed by atoms with Crippen molar-refractivity contribution in [3.8, 4) is 11.1 Å². The van der Waals surface area contributed by atoms with Crippen molar-refractivity contribution in [3.63, 3.8) is 0 Å². The Hall–Kier alpha value is -3.35. The Morgan fingerprint density at radius 1 is 0.886 bits per heavy atom. The van der Waals surface area contributed by atoms with Crippen molar-refractivity contribution in [2.75, 3.05) is 6.61 Å². The van der Waals surface area contributed by atoms with E-state index < -0.39 is 24.0 Å². The van der Waals surface area contributed by atoms with Crippen LogP contribution in [0.15, 0.2) is 48.5 Å². The van der Waals surface area contributed by atoms with Gasteiger partial charge in [0.05, 0.1) is 5.92 Å². The van der Waals surface area contributed by atoms with Crippen LogP contribution in [0.25, 0.3) is 11.1 Å².